The molecule has 3 heterocycles. The molecule has 7 heteroatoms. The summed E-state index contributed by atoms with van der Waals surface area (Å²) in [7, 11) is 0. The minimum absolute atomic E-state index is 0.0304. The molecule has 7 nitrogen and oxygen atoms in total. The number of ether oxygens (including phenoxy) is 1. The number of rotatable bonds is 4. The van der Waals surface area contributed by atoms with Crippen LogP contribution in [0.5, 0.6) is 5.75 Å². The Hall–Kier alpha value is -2.41. The average molecular weight is 355 g/mol. The lowest BCUT2D eigenvalue weighted by Crippen LogP contribution is -2.34. The molecule has 4 rings (SSSR count). The van der Waals surface area contributed by atoms with Crippen molar-refractivity contribution < 1.29 is 9.53 Å². The number of amides is 1. The first-order chi connectivity index (χ1) is 12.7. The molecule has 0 spiro atoms. The van der Waals surface area contributed by atoms with Gasteiger partial charge in [-0.3, -0.25) is 4.79 Å². The number of carbonyl (C=O) groups is 1. The molecule has 1 fully saturated rings. The number of anilines is 1. The molecular formula is C19H25N5O2. The van der Waals surface area contributed by atoms with E-state index in [1.807, 2.05) is 35.9 Å². The van der Waals surface area contributed by atoms with Gasteiger partial charge in [0.25, 0.3) is 0 Å². The van der Waals surface area contributed by atoms with Crippen LogP contribution in [0.4, 0.5) is 5.69 Å². The van der Waals surface area contributed by atoms with E-state index >= 15 is 0 Å². The minimum atomic E-state index is -0.0856. The van der Waals surface area contributed by atoms with Gasteiger partial charge in [-0.25, -0.2) is 9.67 Å². The summed E-state index contributed by atoms with van der Waals surface area (Å²) in [6.45, 7) is 4.46. The third-order valence-corrected chi connectivity index (χ3v) is 5.03. The highest BCUT2D eigenvalue weighted by molar-refractivity contribution is 5.92. The summed E-state index contributed by atoms with van der Waals surface area (Å²) in [5.74, 6) is 2.50. The summed E-state index contributed by atoms with van der Waals surface area (Å²) in [6, 6.07) is 7.68. The van der Waals surface area contributed by atoms with Gasteiger partial charge in [0.1, 0.15) is 23.5 Å². The van der Waals surface area contributed by atoms with Crippen LogP contribution in [0.15, 0.2) is 24.3 Å². The maximum Gasteiger partial charge on any atom is 0.229 e. The number of aromatic nitrogens is 3. The van der Waals surface area contributed by atoms with Crippen molar-refractivity contribution in [3.63, 3.8) is 0 Å². The number of nitrogens with zero attached hydrogens (tertiary/aromatic N) is 3. The van der Waals surface area contributed by atoms with Crippen LogP contribution in [0.3, 0.4) is 0 Å². The summed E-state index contributed by atoms with van der Waals surface area (Å²) < 4.78 is 7.92. The molecule has 1 saturated heterocycles. The minimum Gasteiger partial charge on any atom is -0.490 e. The summed E-state index contributed by atoms with van der Waals surface area (Å²) in [5, 5.41) is 10.7. The van der Waals surface area contributed by atoms with Crippen molar-refractivity contribution in [3.05, 3.63) is 35.9 Å². The van der Waals surface area contributed by atoms with Gasteiger partial charge in [0.2, 0.25) is 5.91 Å². The molecule has 1 amide bonds. The van der Waals surface area contributed by atoms with Gasteiger partial charge in [-0.15, -0.1) is 0 Å². The van der Waals surface area contributed by atoms with Crippen LogP contribution in [0.1, 0.15) is 30.9 Å². The van der Waals surface area contributed by atoms with E-state index in [0.29, 0.717) is 6.54 Å². The number of nitrogens with one attached hydrogen (secondary N) is 2. The molecule has 1 unspecified atom stereocenters. The predicted molar refractivity (Wildman–Crippen MR) is 98.2 cm³/mol. The second kappa shape index (κ2) is 7.45. The van der Waals surface area contributed by atoms with E-state index in [9.17, 15) is 4.79 Å². The number of hydrogen-bond acceptors (Lipinski definition) is 5. The number of carbonyl (C=O) groups excluding carboxylic acids is 1. The van der Waals surface area contributed by atoms with Crippen molar-refractivity contribution in [2.75, 3.05) is 18.4 Å². The van der Waals surface area contributed by atoms with Gasteiger partial charge in [0.05, 0.1) is 12.5 Å². The molecule has 0 bridgehead atoms. The molecule has 2 aliphatic rings. The van der Waals surface area contributed by atoms with Gasteiger partial charge >= 0.3 is 0 Å². The Morgan fingerprint density at radius 1 is 1.31 bits per heavy atom. The van der Waals surface area contributed by atoms with E-state index in [4.69, 9.17) is 4.74 Å². The predicted octanol–water partition coefficient (Wildman–Crippen LogP) is 1.92. The first-order valence-corrected chi connectivity index (χ1v) is 9.36. The molecule has 1 aromatic heterocycles. The Labute approximate surface area is 153 Å². The number of fused-ring (bicyclic) bond motifs is 1. The Bertz CT molecular complexity index is 782. The monoisotopic (exact) mass is 355 g/mol. The average Bonchev–Trinajstić information content (AvgIpc) is 3.02. The molecule has 138 valence electrons. The summed E-state index contributed by atoms with van der Waals surface area (Å²) in [6.07, 6.45) is 3.86. The smallest absolute Gasteiger partial charge is 0.229 e. The second-order valence-electron chi connectivity index (χ2n) is 7.08. The maximum absolute atomic E-state index is 12.7. The van der Waals surface area contributed by atoms with Crippen LogP contribution in [-0.2, 0) is 17.8 Å². The summed E-state index contributed by atoms with van der Waals surface area (Å²) in [4.78, 5) is 17.1. The van der Waals surface area contributed by atoms with Crippen molar-refractivity contribution in [2.24, 2.45) is 5.92 Å². The van der Waals surface area contributed by atoms with E-state index in [0.717, 1.165) is 61.9 Å². The Kier molecular flexibility index (Phi) is 4.88. The molecular weight excluding hydrogens is 330 g/mol. The summed E-state index contributed by atoms with van der Waals surface area (Å²) >= 11 is 0. The highest BCUT2D eigenvalue weighted by Gasteiger charge is 2.26. The van der Waals surface area contributed by atoms with Crippen molar-refractivity contribution in [3.8, 4) is 5.75 Å². The highest BCUT2D eigenvalue weighted by atomic mass is 16.5. The standard InChI is InChI=1S/C19H25N5O2/c1-13-21-18-6-5-14(12-24(18)23-13)19(25)22-15-3-2-4-17(11-15)26-16-7-9-20-10-8-16/h2-4,11,14,16,20H,5-10,12H2,1H3,(H,22,25). The van der Waals surface area contributed by atoms with Gasteiger partial charge in [-0.05, 0) is 51.4 Å². The van der Waals surface area contributed by atoms with E-state index in [2.05, 4.69) is 20.7 Å². The quantitative estimate of drug-likeness (QED) is 0.876. The fraction of sp³-hybridized carbons (Fsp3) is 0.526. The first-order valence-electron chi connectivity index (χ1n) is 9.36. The van der Waals surface area contributed by atoms with Gasteiger partial charge in [-0.1, -0.05) is 6.07 Å². The molecule has 26 heavy (non-hydrogen) atoms. The molecule has 2 N–H and O–H groups in total. The van der Waals surface area contributed by atoms with Gasteiger partial charge in [-0.2, -0.15) is 5.10 Å². The molecule has 1 aromatic carbocycles. The largest absolute Gasteiger partial charge is 0.490 e. The van der Waals surface area contributed by atoms with E-state index in [-0.39, 0.29) is 17.9 Å². The van der Waals surface area contributed by atoms with E-state index in [1.165, 1.54) is 0 Å². The number of aryl methyl sites for hydroxylation is 2. The number of hydrogen-bond donors (Lipinski definition) is 2. The Morgan fingerprint density at radius 3 is 3.00 bits per heavy atom. The third kappa shape index (κ3) is 3.88. The number of piperidine rings is 1. The topological polar surface area (TPSA) is 81.1 Å². The third-order valence-electron chi connectivity index (χ3n) is 5.03. The fourth-order valence-electron chi connectivity index (χ4n) is 3.65. The Morgan fingerprint density at radius 2 is 2.15 bits per heavy atom. The second-order valence-corrected chi connectivity index (χ2v) is 7.08. The van der Waals surface area contributed by atoms with Crippen LogP contribution in [0, 0.1) is 12.8 Å². The van der Waals surface area contributed by atoms with Crippen molar-refractivity contribution in [1.29, 1.82) is 0 Å². The van der Waals surface area contributed by atoms with Crippen LogP contribution >= 0.6 is 0 Å². The highest BCUT2D eigenvalue weighted by Crippen LogP contribution is 2.23. The van der Waals surface area contributed by atoms with Gasteiger partial charge in [0, 0.05) is 18.2 Å². The zero-order valence-electron chi connectivity index (χ0n) is 15.1. The molecule has 0 saturated carbocycles. The lowest BCUT2D eigenvalue weighted by molar-refractivity contribution is -0.120. The van der Waals surface area contributed by atoms with Crippen LogP contribution in [-0.4, -0.2) is 39.9 Å². The molecule has 0 aliphatic carbocycles. The van der Waals surface area contributed by atoms with Crippen LogP contribution in [0.25, 0.3) is 0 Å². The lowest BCUT2D eigenvalue weighted by Gasteiger charge is -2.24. The molecule has 0 radical (unpaired) electrons. The van der Waals surface area contributed by atoms with Crippen molar-refractivity contribution in [2.45, 2.75) is 45.3 Å². The lowest BCUT2D eigenvalue weighted by atomic mass is 9.99. The van der Waals surface area contributed by atoms with Crippen molar-refractivity contribution in [1.82, 2.24) is 20.1 Å². The van der Waals surface area contributed by atoms with Gasteiger partial charge < -0.3 is 15.4 Å². The number of benzene rings is 1. The van der Waals surface area contributed by atoms with Crippen LogP contribution in [0.2, 0.25) is 0 Å². The SMILES string of the molecule is Cc1nc2n(n1)CC(C(=O)Nc1cccc(OC3CCNCC3)c1)CC2. The zero-order valence-corrected chi connectivity index (χ0v) is 15.1. The molecule has 2 aromatic rings. The molecule has 1 atom stereocenters. The van der Waals surface area contributed by atoms with Crippen molar-refractivity contribution >= 4 is 11.6 Å². The van der Waals surface area contributed by atoms with Gasteiger partial charge in [0.15, 0.2) is 0 Å². The maximum atomic E-state index is 12.7. The first kappa shape index (κ1) is 17.0. The van der Waals surface area contributed by atoms with E-state index in [1.54, 1.807) is 0 Å². The zero-order chi connectivity index (χ0) is 17.9. The Balaban J connectivity index is 1.37. The van der Waals surface area contributed by atoms with Crippen LogP contribution < -0.4 is 15.4 Å². The summed E-state index contributed by atoms with van der Waals surface area (Å²) in [5.41, 5.74) is 0.780. The van der Waals surface area contributed by atoms with E-state index < -0.39 is 0 Å². The fourth-order valence-corrected chi connectivity index (χ4v) is 3.65. The molecule has 2 aliphatic heterocycles. The normalized spacial score (nSPS) is 20.4.